The standard InChI is InChI=1S/C24H26FNO4/c1-5-19(27)23(4,25)21(28)26-20(16(2)3)24(30-22(26)29,17-12-8-6-9-13-17)18-14-10-7-11-15-18/h5-16,19-20,27H,1H2,2-4H3/t19-,20+,23?/m1/s1. The van der Waals surface area contributed by atoms with E-state index in [1.54, 1.807) is 0 Å². The normalized spacial score (nSPS) is 21.1. The lowest BCUT2D eigenvalue weighted by atomic mass is 9.75. The molecule has 1 heterocycles. The summed E-state index contributed by atoms with van der Waals surface area (Å²) in [6, 6.07) is 17.4. The van der Waals surface area contributed by atoms with Gasteiger partial charge in [-0.2, -0.15) is 0 Å². The van der Waals surface area contributed by atoms with Crippen molar-refractivity contribution >= 4 is 12.0 Å². The molecular weight excluding hydrogens is 385 g/mol. The fourth-order valence-corrected chi connectivity index (χ4v) is 4.10. The summed E-state index contributed by atoms with van der Waals surface area (Å²) >= 11 is 0. The van der Waals surface area contributed by atoms with Gasteiger partial charge in [-0.25, -0.2) is 14.1 Å². The first-order chi connectivity index (χ1) is 14.2. The van der Waals surface area contributed by atoms with Gasteiger partial charge in [-0.15, -0.1) is 6.58 Å². The van der Waals surface area contributed by atoms with E-state index in [1.165, 1.54) is 0 Å². The molecule has 5 nitrogen and oxygen atoms in total. The highest BCUT2D eigenvalue weighted by Crippen LogP contribution is 2.48. The van der Waals surface area contributed by atoms with Crippen molar-refractivity contribution in [2.45, 2.75) is 44.2 Å². The highest BCUT2D eigenvalue weighted by molar-refractivity contribution is 5.99. The monoisotopic (exact) mass is 411 g/mol. The van der Waals surface area contributed by atoms with Crippen LogP contribution in [0.25, 0.3) is 0 Å². The van der Waals surface area contributed by atoms with E-state index < -0.39 is 35.4 Å². The summed E-state index contributed by atoms with van der Waals surface area (Å²) in [5.41, 5.74) is -2.72. The van der Waals surface area contributed by atoms with Crippen molar-refractivity contribution in [1.82, 2.24) is 4.90 Å². The summed E-state index contributed by atoms with van der Waals surface area (Å²) in [6.45, 7) is 7.98. The molecule has 2 aromatic rings. The van der Waals surface area contributed by atoms with Crippen LogP contribution in [0.4, 0.5) is 9.18 Å². The number of carbonyl (C=O) groups is 2. The van der Waals surface area contributed by atoms with Gasteiger partial charge < -0.3 is 9.84 Å². The molecule has 1 saturated heterocycles. The van der Waals surface area contributed by atoms with Crippen molar-refractivity contribution in [1.29, 1.82) is 0 Å². The molecule has 3 rings (SSSR count). The fraction of sp³-hybridized carbons (Fsp3) is 0.333. The molecule has 1 aliphatic heterocycles. The summed E-state index contributed by atoms with van der Waals surface area (Å²) in [4.78, 5) is 27.1. The van der Waals surface area contributed by atoms with Crippen LogP contribution in [-0.2, 0) is 15.1 Å². The second-order valence-corrected chi connectivity index (χ2v) is 7.96. The van der Waals surface area contributed by atoms with Crippen LogP contribution in [0.5, 0.6) is 0 Å². The van der Waals surface area contributed by atoms with E-state index in [1.807, 2.05) is 74.5 Å². The molecule has 2 aromatic carbocycles. The molecule has 0 aromatic heterocycles. The van der Waals surface area contributed by atoms with E-state index in [2.05, 4.69) is 6.58 Å². The van der Waals surface area contributed by atoms with Crippen molar-refractivity contribution in [3.63, 3.8) is 0 Å². The number of cyclic esters (lactones) is 1. The number of hydrogen-bond donors (Lipinski definition) is 1. The number of aliphatic hydroxyl groups is 1. The first-order valence-electron chi connectivity index (χ1n) is 9.85. The minimum absolute atomic E-state index is 0.280. The van der Waals surface area contributed by atoms with Crippen molar-refractivity contribution in [2.75, 3.05) is 0 Å². The average molecular weight is 411 g/mol. The Morgan fingerprint density at radius 3 is 2.03 bits per heavy atom. The summed E-state index contributed by atoms with van der Waals surface area (Å²) in [6.07, 6.45) is -1.79. The number of ether oxygens (including phenoxy) is 1. The molecule has 2 amide bonds. The Kier molecular flexibility index (Phi) is 5.81. The first kappa shape index (κ1) is 21.7. The van der Waals surface area contributed by atoms with Gasteiger partial charge in [-0.1, -0.05) is 80.6 Å². The molecule has 0 saturated carbocycles. The molecule has 1 N–H and O–H groups in total. The van der Waals surface area contributed by atoms with E-state index in [0.29, 0.717) is 11.1 Å². The fourth-order valence-electron chi connectivity index (χ4n) is 4.10. The third-order valence-electron chi connectivity index (χ3n) is 5.59. The molecular formula is C24H26FNO4. The summed E-state index contributed by atoms with van der Waals surface area (Å²) in [5.74, 6) is -1.44. The van der Waals surface area contributed by atoms with Gasteiger partial charge in [0.1, 0.15) is 6.10 Å². The Balaban J connectivity index is 2.24. The highest BCUT2D eigenvalue weighted by atomic mass is 19.1. The lowest BCUT2D eigenvalue weighted by molar-refractivity contribution is -0.147. The predicted molar refractivity (Wildman–Crippen MR) is 111 cm³/mol. The lowest BCUT2D eigenvalue weighted by Gasteiger charge is -2.38. The summed E-state index contributed by atoms with van der Waals surface area (Å²) in [7, 11) is 0. The number of alkyl halides is 1. The first-order valence-corrected chi connectivity index (χ1v) is 9.85. The zero-order chi connectivity index (χ0) is 22.1. The van der Waals surface area contributed by atoms with Crippen molar-refractivity contribution in [2.24, 2.45) is 5.92 Å². The van der Waals surface area contributed by atoms with Crippen LogP contribution in [0.15, 0.2) is 73.3 Å². The van der Waals surface area contributed by atoms with Crippen LogP contribution in [0.2, 0.25) is 0 Å². The number of carbonyl (C=O) groups excluding carboxylic acids is 2. The van der Waals surface area contributed by atoms with E-state index in [0.717, 1.165) is 17.9 Å². The average Bonchev–Trinajstić information content (AvgIpc) is 3.07. The Hall–Kier alpha value is -2.99. The number of hydrogen-bond acceptors (Lipinski definition) is 4. The number of amides is 2. The molecule has 6 heteroatoms. The molecule has 0 spiro atoms. The van der Waals surface area contributed by atoms with E-state index in [9.17, 15) is 14.7 Å². The lowest BCUT2D eigenvalue weighted by Crippen LogP contribution is -2.57. The molecule has 1 aliphatic rings. The zero-order valence-corrected chi connectivity index (χ0v) is 17.3. The van der Waals surface area contributed by atoms with Gasteiger partial charge in [0.15, 0.2) is 5.60 Å². The van der Waals surface area contributed by atoms with E-state index in [-0.39, 0.29) is 5.92 Å². The zero-order valence-electron chi connectivity index (χ0n) is 17.3. The number of benzene rings is 2. The van der Waals surface area contributed by atoms with Crippen LogP contribution >= 0.6 is 0 Å². The van der Waals surface area contributed by atoms with Gasteiger partial charge in [0.05, 0.1) is 6.04 Å². The number of imide groups is 1. The molecule has 30 heavy (non-hydrogen) atoms. The maximum absolute atomic E-state index is 15.3. The Morgan fingerprint density at radius 1 is 1.17 bits per heavy atom. The second kappa shape index (κ2) is 8.03. The minimum Gasteiger partial charge on any atom is -0.430 e. The van der Waals surface area contributed by atoms with E-state index >= 15 is 4.39 Å². The van der Waals surface area contributed by atoms with Crippen LogP contribution in [0.1, 0.15) is 31.9 Å². The smallest absolute Gasteiger partial charge is 0.418 e. The van der Waals surface area contributed by atoms with Gasteiger partial charge in [-0.05, 0) is 12.8 Å². The SMILES string of the molecule is C=C[C@@H](O)C(C)(F)C(=O)N1C(=O)OC(c2ccccc2)(c2ccccc2)[C@@H]1C(C)C. The van der Waals surface area contributed by atoms with Crippen molar-refractivity contribution in [3.05, 3.63) is 84.4 Å². The topological polar surface area (TPSA) is 66.8 Å². The molecule has 158 valence electrons. The summed E-state index contributed by atoms with van der Waals surface area (Å²) in [5, 5.41) is 10.00. The molecule has 0 aliphatic carbocycles. The highest BCUT2D eigenvalue weighted by Gasteiger charge is 2.62. The predicted octanol–water partition coefficient (Wildman–Crippen LogP) is 4.21. The number of rotatable bonds is 6. The number of nitrogens with zero attached hydrogens (tertiary/aromatic N) is 1. The van der Waals surface area contributed by atoms with Crippen LogP contribution < -0.4 is 0 Å². The maximum Gasteiger partial charge on any atom is 0.418 e. The molecule has 1 fully saturated rings. The van der Waals surface area contributed by atoms with Gasteiger partial charge in [-0.3, -0.25) is 4.79 Å². The third-order valence-corrected chi connectivity index (χ3v) is 5.59. The summed E-state index contributed by atoms with van der Waals surface area (Å²) < 4.78 is 21.2. The van der Waals surface area contributed by atoms with E-state index in [4.69, 9.17) is 4.74 Å². The Morgan fingerprint density at radius 2 is 1.63 bits per heavy atom. The second-order valence-electron chi connectivity index (χ2n) is 7.96. The van der Waals surface area contributed by atoms with Crippen molar-refractivity contribution in [3.8, 4) is 0 Å². The van der Waals surface area contributed by atoms with Gasteiger partial charge in [0.25, 0.3) is 5.91 Å². The minimum atomic E-state index is -2.74. The third kappa shape index (κ3) is 3.31. The molecule has 0 bridgehead atoms. The quantitative estimate of drug-likeness (QED) is 0.723. The largest absolute Gasteiger partial charge is 0.430 e. The van der Waals surface area contributed by atoms with Gasteiger partial charge >= 0.3 is 6.09 Å². The Labute approximate surface area is 175 Å². The number of halogens is 1. The maximum atomic E-state index is 15.3. The molecule has 3 atom stereocenters. The van der Waals surface area contributed by atoms with Gasteiger partial charge in [0, 0.05) is 11.1 Å². The van der Waals surface area contributed by atoms with Crippen molar-refractivity contribution < 1.29 is 23.8 Å². The van der Waals surface area contributed by atoms with Crippen LogP contribution in [0, 0.1) is 5.92 Å². The van der Waals surface area contributed by atoms with Crippen LogP contribution in [0.3, 0.4) is 0 Å². The molecule has 0 radical (unpaired) electrons. The van der Waals surface area contributed by atoms with Crippen LogP contribution in [-0.4, -0.2) is 39.8 Å². The Bertz CT molecular complexity index is 887. The van der Waals surface area contributed by atoms with Gasteiger partial charge in [0.2, 0.25) is 5.67 Å². The molecule has 1 unspecified atom stereocenters. The number of aliphatic hydroxyl groups excluding tert-OH is 1.